The summed E-state index contributed by atoms with van der Waals surface area (Å²) in [7, 11) is 1.67. The highest BCUT2D eigenvalue weighted by molar-refractivity contribution is 5.94. The van der Waals surface area contributed by atoms with E-state index in [1.807, 2.05) is 20.8 Å². The third-order valence-electron chi connectivity index (χ3n) is 3.16. The van der Waals surface area contributed by atoms with Gasteiger partial charge in [-0.2, -0.15) is 0 Å². The van der Waals surface area contributed by atoms with Gasteiger partial charge >= 0.3 is 0 Å². The van der Waals surface area contributed by atoms with Crippen LogP contribution in [0.4, 0.5) is 0 Å². The molecule has 0 bridgehead atoms. The van der Waals surface area contributed by atoms with Crippen molar-refractivity contribution < 1.29 is 14.3 Å². The highest BCUT2D eigenvalue weighted by atomic mass is 16.5. The molecule has 20 heavy (non-hydrogen) atoms. The fraction of sp³-hybridized carbons (Fsp3) is 0.600. The summed E-state index contributed by atoms with van der Waals surface area (Å²) in [5.74, 6) is 0.668. The Labute approximate surface area is 120 Å². The third kappa shape index (κ3) is 4.20. The first kappa shape index (κ1) is 16.4. The molecule has 0 aromatic carbocycles. The van der Waals surface area contributed by atoms with Crippen molar-refractivity contribution in [2.24, 2.45) is 0 Å². The highest BCUT2D eigenvalue weighted by Gasteiger charge is 2.18. The van der Waals surface area contributed by atoms with Crippen LogP contribution in [0.25, 0.3) is 0 Å². The number of carbonyl (C=O) groups excluding carboxylic acids is 1. The van der Waals surface area contributed by atoms with Gasteiger partial charge in [0.05, 0.1) is 6.61 Å². The summed E-state index contributed by atoms with van der Waals surface area (Å²) in [5, 5.41) is 0. The molecule has 0 radical (unpaired) electrons. The second kappa shape index (κ2) is 8.53. The van der Waals surface area contributed by atoms with E-state index in [0.29, 0.717) is 37.7 Å². The van der Waals surface area contributed by atoms with E-state index in [4.69, 9.17) is 9.47 Å². The Kier molecular flexibility index (Phi) is 7.01. The van der Waals surface area contributed by atoms with Crippen molar-refractivity contribution in [2.45, 2.75) is 27.2 Å². The lowest BCUT2D eigenvalue weighted by molar-refractivity contribution is 0.0765. The van der Waals surface area contributed by atoms with E-state index in [0.717, 1.165) is 12.0 Å². The first-order valence-corrected chi connectivity index (χ1v) is 7.02. The Morgan fingerprint density at radius 3 is 2.60 bits per heavy atom. The van der Waals surface area contributed by atoms with Crippen molar-refractivity contribution in [1.29, 1.82) is 0 Å². The summed E-state index contributed by atoms with van der Waals surface area (Å²) in [6.07, 6.45) is 2.44. The monoisotopic (exact) mass is 280 g/mol. The van der Waals surface area contributed by atoms with E-state index in [2.05, 4.69) is 4.98 Å². The van der Waals surface area contributed by atoms with Crippen LogP contribution >= 0.6 is 0 Å². The molecule has 5 nitrogen and oxygen atoms in total. The molecule has 0 aliphatic carbocycles. The summed E-state index contributed by atoms with van der Waals surface area (Å²) < 4.78 is 10.7. The molecule has 1 heterocycles. The number of rotatable bonds is 8. The Balaban J connectivity index is 2.81. The van der Waals surface area contributed by atoms with E-state index < -0.39 is 0 Å². The van der Waals surface area contributed by atoms with Crippen molar-refractivity contribution >= 4 is 5.91 Å². The molecule has 0 aliphatic heterocycles. The number of pyridine rings is 1. The van der Waals surface area contributed by atoms with Crippen molar-refractivity contribution in [2.75, 3.05) is 33.4 Å². The average Bonchev–Trinajstić information content (AvgIpc) is 2.46. The zero-order chi connectivity index (χ0) is 15.0. The van der Waals surface area contributed by atoms with Crippen LogP contribution in [0.5, 0.6) is 5.75 Å². The summed E-state index contributed by atoms with van der Waals surface area (Å²) in [6, 6.07) is 1.79. The van der Waals surface area contributed by atoms with Gasteiger partial charge in [0.25, 0.3) is 5.91 Å². The molecule has 1 aromatic heterocycles. The Hall–Kier alpha value is -1.62. The summed E-state index contributed by atoms with van der Waals surface area (Å²) >= 11 is 0. The SMILES string of the molecule is CCN(CC)C(=O)c1nccc(OCCCOC)c1C. The number of amides is 1. The second-order valence-electron chi connectivity index (χ2n) is 4.45. The molecule has 0 aliphatic rings. The molecule has 1 rings (SSSR count). The number of aromatic nitrogens is 1. The van der Waals surface area contributed by atoms with Crippen LogP contribution < -0.4 is 4.74 Å². The van der Waals surface area contributed by atoms with E-state index in [1.54, 1.807) is 24.3 Å². The number of carbonyl (C=O) groups is 1. The molecule has 5 heteroatoms. The van der Waals surface area contributed by atoms with Gasteiger partial charge in [-0.25, -0.2) is 0 Å². The molecule has 0 saturated heterocycles. The highest BCUT2D eigenvalue weighted by Crippen LogP contribution is 2.20. The topological polar surface area (TPSA) is 51.7 Å². The van der Waals surface area contributed by atoms with Gasteiger partial charge in [0.1, 0.15) is 11.4 Å². The molecule has 0 atom stereocenters. The van der Waals surface area contributed by atoms with Gasteiger partial charge in [-0.3, -0.25) is 9.78 Å². The second-order valence-corrected chi connectivity index (χ2v) is 4.45. The molecule has 0 saturated carbocycles. The van der Waals surface area contributed by atoms with Crippen LogP contribution in [0.1, 0.15) is 36.3 Å². The average molecular weight is 280 g/mol. The van der Waals surface area contributed by atoms with Crippen LogP contribution in [0.15, 0.2) is 12.3 Å². The number of hydrogen-bond acceptors (Lipinski definition) is 4. The maximum atomic E-state index is 12.3. The largest absolute Gasteiger partial charge is 0.493 e. The summed E-state index contributed by atoms with van der Waals surface area (Å²) in [6.45, 7) is 8.37. The Morgan fingerprint density at radius 2 is 2.00 bits per heavy atom. The van der Waals surface area contributed by atoms with Crippen molar-refractivity contribution in [1.82, 2.24) is 9.88 Å². The van der Waals surface area contributed by atoms with Crippen molar-refractivity contribution in [3.63, 3.8) is 0 Å². The molecule has 0 fully saturated rings. The maximum absolute atomic E-state index is 12.3. The standard InChI is InChI=1S/C15H24N2O3/c1-5-17(6-2)15(18)14-12(3)13(8-9-16-14)20-11-7-10-19-4/h8-9H,5-7,10-11H2,1-4H3. The first-order chi connectivity index (χ1) is 9.65. The van der Waals surface area contributed by atoms with Gasteiger partial charge in [0.2, 0.25) is 0 Å². The Bertz CT molecular complexity index is 431. The molecule has 1 amide bonds. The van der Waals surface area contributed by atoms with Crippen LogP contribution in [0.2, 0.25) is 0 Å². The van der Waals surface area contributed by atoms with Gasteiger partial charge in [0.15, 0.2) is 0 Å². The van der Waals surface area contributed by atoms with E-state index in [9.17, 15) is 4.79 Å². The predicted octanol–water partition coefficient (Wildman–Crippen LogP) is 2.29. The molecular weight excluding hydrogens is 256 g/mol. The van der Waals surface area contributed by atoms with Crippen molar-refractivity contribution in [3.8, 4) is 5.75 Å². The van der Waals surface area contributed by atoms with Gasteiger partial charge in [0, 0.05) is 45.0 Å². The van der Waals surface area contributed by atoms with Crippen LogP contribution in [-0.2, 0) is 4.74 Å². The summed E-state index contributed by atoms with van der Waals surface area (Å²) in [4.78, 5) is 18.3. The van der Waals surface area contributed by atoms with Crippen molar-refractivity contribution in [3.05, 3.63) is 23.5 Å². The van der Waals surface area contributed by atoms with Gasteiger partial charge < -0.3 is 14.4 Å². The van der Waals surface area contributed by atoms with E-state index >= 15 is 0 Å². The molecule has 0 N–H and O–H groups in total. The van der Waals surface area contributed by atoms with Gasteiger partial charge in [-0.1, -0.05) is 0 Å². The molecular formula is C15H24N2O3. The fourth-order valence-electron chi connectivity index (χ4n) is 1.94. The molecule has 1 aromatic rings. The van der Waals surface area contributed by atoms with E-state index in [-0.39, 0.29) is 5.91 Å². The number of hydrogen-bond donors (Lipinski definition) is 0. The zero-order valence-electron chi connectivity index (χ0n) is 12.8. The van der Waals surface area contributed by atoms with E-state index in [1.165, 1.54) is 0 Å². The number of methoxy groups -OCH3 is 1. The Morgan fingerprint density at radius 1 is 1.30 bits per heavy atom. The predicted molar refractivity (Wildman–Crippen MR) is 78.2 cm³/mol. The van der Waals surface area contributed by atoms with Gasteiger partial charge in [-0.15, -0.1) is 0 Å². The van der Waals surface area contributed by atoms with Crippen LogP contribution in [-0.4, -0.2) is 49.2 Å². The quantitative estimate of drug-likeness (QED) is 0.686. The summed E-state index contributed by atoms with van der Waals surface area (Å²) in [5.41, 5.74) is 1.26. The minimum Gasteiger partial charge on any atom is -0.493 e. The number of ether oxygens (including phenoxy) is 2. The van der Waals surface area contributed by atoms with Gasteiger partial charge in [-0.05, 0) is 26.8 Å². The zero-order valence-corrected chi connectivity index (χ0v) is 12.8. The lowest BCUT2D eigenvalue weighted by Gasteiger charge is -2.19. The van der Waals surface area contributed by atoms with Crippen LogP contribution in [0, 0.1) is 6.92 Å². The molecule has 112 valence electrons. The maximum Gasteiger partial charge on any atom is 0.272 e. The third-order valence-corrected chi connectivity index (χ3v) is 3.16. The smallest absolute Gasteiger partial charge is 0.272 e. The lowest BCUT2D eigenvalue weighted by atomic mass is 10.1. The minimum atomic E-state index is -0.0464. The lowest BCUT2D eigenvalue weighted by Crippen LogP contribution is -2.31. The normalized spacial score (nSPS) is 10.4. The molecule has 0 unspecified atom stereocenters. The van der Waals surface area contributed by atoms with Crippen LogP contribution in [0.3, 0.4) is 0 Å². The molecule has 0 spiro atoms. The fourth-order valence-corrected chi connectivity index (χ4v) is 1.94. The number of nitrogens with zero attached hydrogens (tertiary/aromatic N) is 2. The first-order valence-electron chi connectivity index (χ1n) is 7.02. The minimum absolute atomic E-state index is 0.0464.